The maximum absolute atomic E-state index is 12.4. The van der Waals surface area contributed by atoms with Crippen LogP contribution in [0.3, 0.4) is 0 Å². The third-order valence-corrected chi connectivity index (χ3v) is 5.52. The molecule has 4 rings (SSSR count). The van der Waals surface area contributed by atoms with Crippen molar-refractivity contribution >= 4 is 34.3 Å². The van der Waals surface area contributed by atoms with Crippen molar-refractivity contribution in [3.05, 3.63) is 90.3 Å². The van der Waals surface area contributed by atoms with E-state index in [0.29, 0.717) is 5.56 Å². The van der Waals surface area contributed by atoms with Gasteiger partial charge < -0.3 is 10.1 Å². The Bertz CT molecular complexity index is 1120. The van der Waals surface area contributed by atoms with E-state index in [9.17, 15) is 4.79 Å². The van der Waals surface area contributed by atoms with Crippen LogP contribution < -0.4 is 10.1 Å². The van der Waals surface area contributed by atoms with Crippen molar-refractivity contribution in [2.45, 2.75) is 10.8 Å². The van der Waals surface area contributed by atoms with Crippen molar-refractivity contribution in [2.24, 2.45) is 0 Å². The van der Waals surface area contributed by atoms with E-state index in [4.69, 9.17) is 4.74 Å². The minimum absolute atomic E-state index is 0.142. The van der Waals surface area contributed by atoms with Crippen LogP contribution in [-0.2, 0) is 5.75 Å². The minimum atomic E-state index is -0.142. The number of hydrogen-bond acceptors (Lipinski definition) is 5. The number of carbonyl (C=O) groups is 1. The maximum atomic E-state index is 12.4. The third-order valence-electron chi connectivity index (χ3n) is 4.45. The molecule has 5 nitrogen and oxygen atoms in total. The van der Waals surface area contributed by atoms with Gasteiger partial charge in [-0.05, 0) is 48.0 Å². The van der Waals surface area contributed by atoms with Crippen molar-refractivity contribution in [1.82, 2.24) is 9.97 Å². The topological polar surface area (TPSA) is 64.1 Å². The monoisotopic (exact) mass is 401 g/mol. The van der Waals surface area contributed by atoms with E-state index in [0.717, 1.165) is 38.7 Å². The molecular formula is C23H19N3O2S. The van der Waals surface area contributed by atoms with E-state index in [2.05, 4.69) is 15.3 Å². The Hall–Kier alpha value is -3.38. The van der Waals surface area contributed by atoms with E-state index < -0.39 is 0 Å². The number of ether oxygens (including phenoxy) is 1. The first kappa shape index (κ1) is 19.0. The van der Waals surface area contributed by atoms with Gasteiger partial charge in [-0.3, -0.25) is 4.79 Å². The SMILES string of the molecule is COc1ccc(NC(=O)c2ccc(CSc3ncnc4ccccc34)cc2)cc1. The molecule has 6 heteroatoms. The molecule has 0 aliphatic heterocycles. The number of fused-ring (bicyclic) bond motifs is 1. The number of aromatic nitrogens is 2. The summed E-state index contributed by atoms with van der Waals surface area (Å²) < 4.78 is 5.13. The molecule has 0 saturated heterocycles. The molecule has 0 aliphatic rings. The van der Waals surface area contributed by atoms with Gasteiger partial charge in [0.2, 0.25) is 0 Å². The van der Waals surface area contributed by atoms with Crippen LogP contribution in [0.15, 0.2) is 84.1 Å². The average molecular weight is 401 g/mol. The molecule has 0 radical (unpaired) electrons. The molecule has 29 heavy (non-hydrogen) atoms. The van der Waals surface area contributed by atoms with E-state index in [1.165, 1.54) is 0 Å². The highest BCUT2D eigenvalue weighted by Gasteiger charge is 2.08. The summed E-state index contributed by atoms with van der Waals surface area (Å²) in [6.07, 6.45) is 1.59. The van der Waals surface area contributed by atoms with Crippen LogP contribution >= 0.6 is 11.8 Å². The third kappa shape index (κ3) is 4.55. The molecule has 4 aromatic rings. The fourth-order valence-corrected chi connectivity index (χ4v) is 3.82. The summed E-state index contributed by atoms with van der Waals surface area (Å²) in [4.78, 5) is 21.1. The molecule has 0 unspecified atom stereocenters. The van der Waals surface area contributed by atoms with Crippen LogP contribution in [0.25, 0.3) is 10.9 Å². The Morgan fingerprint density at radius 2 is 1.72 bits per heavy atom. The van der Waals surface area contributed by atoms with Gasteiger partial charge in [0.25, 0.3) is 5.91 Å². The zero-order chi connectivity index (χ0) is 20.1. The van der Waals surface area contributed by atoms with Crippen LogP contribution in [0, 0.1) is 0 Å². The fourth-order valence-electron chi connectivity index (χ4n) is 2.88. The number of benzene rings is 3. The highest BCUT2D eigenvalue weighted by atomic mass is 32.2. The number of anilines is 1. The normalized spacial score (nSPS) is 10.7. The molecule has 0 bridgehead atoms. The van der Waals surface area contributed by atoms with Crippen molar-refractivity contribution in [1.29, 1.82) is 0 Å². The number of nitrogens with one attached hydrogen (secondary N) is 1. The molecule has 0 spiro atoms. The Morgan fingerprint density at radius 3 is 2.48 bits per heavy atom. The molecule has 0 atom stereocenters. The van der Waals surface area contributed by atoms with Gasteiger partial charge in [-0.2, -0.15) is 0 Å². The number of hydrogen-bond donors (Lipinski definition) is 1. The average Bonchev–Trinajstić information content (AvgIpc) is 2.78. The molecule has 3 aromatic carbocycles. The molecule has 1 aromatic heterocycles. The van der Waals surface area contributed by atoms with Crippen molar-refractivity contribution < 1.29 is 9.53 Å². The number of methoxy groups -OCH3 is 1. The lowest BCUT2D eigenvalue weighted by atomic mass is 10.1. The largest absolute Gasteiger partial charge is 0.497 e. The van der Waals surface area contributed by atoms with Gasteiger partial charge in [0.15, 0.2) is 0 Å². The van der Waals surface area contributed by atoms with Gasteiger partial charge in [0.05, 0.1) is 12.6 Å². The second-order valence-electron chi connectivity index (χ2n) is 6.36. The number of amides is 1. The van der Waals surface area contributed by atoms with Gasteiger partial charge in [-0.15, -0.1) is 11.8 Å². The fraction of sp³-hybridized carbons (Fsp3) is 0.0870. The van der Waals surface area contributed by atoms with E-state index in [-0.39, 0.29) is 5.91 Å². The standard InChI is InChI=1S/C23H19N3O2S/c1-28-19-12-10-18(11-13-19)26-22(27)17-8-6-16(7-9-17)14-29-23-20-4-2-3-5-21(20)24-15-25-23/h2-13,15H,14H2,1H3,(H,26,27). The Labute approximate surface area is 173 Å². The van der Waals surface area contributed by atoms with Gasteiger partial charge in [0.1, 0.15) is 17.1 Å². The lowest BCUT2D eigenvalue weighted by molar-refractivity contribution is 0.102. The predicted molar refractivity (Wildman–Crippen MR) is 116 cm³/mol. The van der Waals surface area contributed by atoms with E-state index >= 15 is 0 Å². The maximum Gasteiger partial charge on any atom is 0.255 e. The molecule has 1 heterocycles. The summed E-state index contributed by atoms with van der Waals surface area (Å²) in [6.45, 7) is 0. The van der Waals surface area contributed by atoms with Crippen LogP contribution in [0.1, 0.15) is 15.9 Å². The molecule has 0 saturated carbocycles. The smallest absolute Gasteiger partial charge is 0.255 e. The Balaban J connectivity index is 1.40. The Morgan fingerprint density at radius 1 is 0.966 bits per heavy atom. The number of carbonyl (C=O) groups excluding carboxylic acids is 1. The number of para-hydroxylation sites is 1. The molecule has 1 N–H and O–H groups in total. The lowest BCUT2D eigenvalue weighted by Crippen LogP contribution is -2.11. The summed E-state index contributed by atoms with van der Waals surface area (Å²) in [5, 5.41) is 4.90. The van der Waals surface area contributed by atoms with Crippen molar-refractivity contribution in [2.75, 3.05) is 12.4 Å². The van der Waals surface area contributed by atoms with Gasteiger partial charge in [0, 0.05) is 22.4 Å². The van der Waals surface area contributed by atoms with Crippen LogP contribution in [-0.4, -0.2) is 23.0 Å². The summed E-state index contributed by atoms with van der Waals surface area (Å²) in [5.74, 6) is 1.37. The summed E-state index contributed by atoms with van der Waals surface area (Å²) in [5.41, 5.74) is 3.40. The zero-order valence-corrected chi connectivity index (χ0v) is 16.6. The van der Waals surface area contributed by atoms with E-state index in [1.54, 1.807) is 25.2 Å². The predicted octanol–water partition coefficient (Wildman–Crippen LogP) is 5.18. The van der Waals surface area contributed by atoms with Crippen molar-refractivity contribution in [3.8, 4) is 5.75 Å². The second-order valence-corrected chi connectivity index (χ2v) is 7.33. The highest BCUT2D eigenvalue weighted by molar-refractivity contribution is 7.98. The summed E-state index contributed by atoms with van der Waals surface area (Å²) >= 11 is 1.66. The first-order valence-electron chi connectivity index (χ1n) is 9.10. The minimum Gasteiger partial charge on any atom is -0.497 e. The zero-order valence-electron chi connectivity index (χ0n) is 15.8. The Kier molecular flexibility index (Phi) is 5.72. The van der Waals surface area contributed by atoms with Crippen LogP contribution in [0.4, 0.5) is 5.69 Å². The summed E-state index contributed by atoms with van der Waals surface area (Å²) in [6, 6.07) is 22.9. The quantitative estimate of drug-likeness (QED) is 0.356. The van der Waals surface area contributed by atoms with Gasteiger partial charge in [-0.25, -0.2) is 9.97 Å². The van der Waals surface area contributed by atoms with Crippen LogP contribution in [0.2, 0.25) is 0 Å². The first-order valence-corrected chi connectivity index (χ1v) is 10.1. The van der Waals surface area contributed by atoms with Gasteiger partial charge >= 0.3 is 0 Å². The summed E-state index contributed by atoms with van der Waals surface area (Å²) in [7, 11) is 1.61. The lowest BCUT2D eigenvalue weighted by Gasteiger charge is -2.08. The molecule has 0 aliphatic carbocycles. The number of rotatable bonds is 6. The van der Waals surface area contributed by atoms with E-state index in [1.807, 2.05) is 72.8 Å². The highest BCUT2D eigenvalue weighted by Crippen LogP contribution is 2.27. The molecule has 144 valence electrons. The van der Waals surface area contributed by atoms with Crippen molar-refractivity contribution in [3.63, 3.8) is 0 Å². The van der Waals surface area contributed by atoms with Crippen LogP contribution in [0.5, 0.6) is 5.75 Å². The van der Waals surface area contributed by atoms with Gasteiger partial charge in [-0.1, -0.05) is 30.3 Å². The number of thioether (sulfide) groups is 1. The first-order chi connectivity index (χ1) is 14.2. The molecule has 0 fully saturated rings. The number of nitrogens with zero attached hydrogens (tertiary/aromatic N) is 2. The molecule has 1 amide bonds. The second kappa shape index (κ2) is 8.75. The molecular weight excluding hydrogens is 382 g/mol.